The molecule has 1 heterocycles. The van der Waals surface area contributed by atoms with Crippen LogP contribution in [-0.2, 0) is 7.05 Å². The second kappa shape index (κ2) is 5.19. The molecule has 2 rings (SSSR count). The Bertz CT molecular complexity index is 512. The summed E-state index contributed by atoms with van der Waals surface area (Å²) in [6.45, 7) is 4.37. The number of aryl methyl sites for hydroxylation is 1. The van der Waals surface area contributed by atoms with E-state index in [4.69, 9.17) is 0 Å². The second-order valence-electron chi connectivity index (χ2n) is 4.24. The van der Waals surface area contributed by atoms with Crippen LogP contribution in [0.4, 0.5) is 10.8 Å². The molecule has 1 aromatic carbocycles. The number of aromatic nitrogens is 1. The molecule has 1 aromatic heterocycles. The molecule has 88 valence electrons. The number of benzene rings is 1. The smallest absolute Gasteiger partial charge is 0.222 e. The highest BCUT2D eigenvalue weighted by molar-refractivity contribution is 7.12. The molecule has 0 radical (unpaired) electrons. The van der Waals surface area contributed by atoms with Crippen molar-refractivity contribution in [1.82, 2.24) is 0 Å². The summed E-state index contributed by atoms with van der Waals surface area (Å²) in [4.78, 5) is 0. The normalized spacial score (nSPS) is 11.5. The first-order chi connectivity index (χ1) is 8.16. The van der Waals surface area contributed by atoms with Crippen LogP contribution < -0.4 is 4.57 Å². The predicted octanol–water partition coefficient (Wildman–Crippen LogP) is 4.11. The van der Waals surface area contributed by atoms with E-state index in [0.29, 0.717) is 5.92 Å². The van der Waals surface area contributed by atoms with Crippen LogP contribution in [0.3, 0.4) is 0 Å². The van der Waals surface area contributed by atoms with Crippen molar-refractivity contribution in [1.29, 1.82) is 0 Å². The van der Waals surface area contributed by atoms with Crippen molar-refractivity contribution in [3.8, 4) is 0 Å². The zero-order valence-corrected chi connectivity index (χ0v) is 11.1. The monoisotopic (exact) mass is 246 g/mol. The molecule has 0 atom stereocenters. The summed E-state index contributed by atoms with van der Waals surface area (Å²) >= 11 is 1.58. The molecule has 0 aliphatic heterocycles. The molecule has 17 heavy (non-hydrogen) atoms. The summed E-state index contributed by atoms with van der Waals surface area (Å²) in [5.74, 6) is 0.552. The molecule has 0 aliphatic rings. The molecule has 0 unspecified atom stereocenters. The Labute approximate surface area is 105 Å². The summed E-state index contributed by atoms with van der Waals surface area (Å²) < 4.78 is 1.96. The third-order valence-electron chi connectivity index (χ3n) is 2.57. The largest absolute Gasteiger partial charge is 0.408 e. The summed E-state index contributed by atoms with van der Waals surface area (Å²) in [5.41, 5.74) is 2.22. The maximum Gasteiger partial charge on any atom is 0.408 e. The lowest BCUT2D eigenvalue weighted by molar-refractivity contribution is -0.654. The number of hydrogen-bond acceptors (Lipinski definition) is 3. The number of nitrogens with zero attached hydrogens (tertiary/aromatic N) is 3. The minimum Gasteiger partial charge on any atom is -0.222 e. The molecular formula is C13H16N3S+. The fourth-order valence-electron chi connectivity index (χ4n) is 1.45. The van der Waals surface area contributed by atoms with Gasteiger partial charge in [0.1, 0.15) is 11.9 Å². The molecule has 0 saturated carbocycles. The number of azo groups is 1. The maximum atomic E-state index is 4.22. The first kappa shape index (κ1) is 11.9. The van der Waals surface area contributed by atoms with Gasteiger partial charge in [-0.05, 0) is 40.1 Å². The van der Waals surface area contributed by atoms with Gasteiger partial charge >= 0.3 is 5.13 Å². The van der Waals surface area contributed by atoms with Crippen molar-refractivity contribution in [2.24, 2.45) is 17.3 Å². The predicted molar refractivity (Wildman–Crippen MR) is 70.2 cm³/mol. The minimum atomic E-state index is 0.552. The number of rotatable bonds is 3. The van der Waals surface area contributed by atoms with Crippen LogP contribution in [0.2, 0.25) is 0 Å². The van der Waals surface area contributed by atoms with Gasteiger partial charge in [0.25, 0.3) is 0 Å². The molecule has 0 fully saturated rings. The van der Waals surface area contributed by atoms with Crippen molar-refractivity contribution >= 4 is 22.2 Å². The average Bonchev–Trinajstić information content (AvgIpc) is 2.73. The Morgan fingerprint density at radius 2 is 1.82 bits per heavy atom. The van der Waals surface area contributed by atoms with Gasteiger partial charge in [-0.15, -0.1) is 0 Å². The van der Waals surface area contributed by atoms with Crippen molar-refractivity contribution < 1.29 is 4.57 Å². The second-order valence-corrected chi connectivity index (χ2v) is 5.12. The first-order valence-corrected chi connectivity index (χ1v) is 6.49. The fourth-order valence-corrected chi connectivity index (χ4v) is 2.13. The van der Waals surface area contributed by atoms with Gasteiger partial charge in [0.05, 0.1) is 12.2 Å². The van der Waals surface area contributed by atoms with E-state index in [0.717, 1.165) is 10.8 Å². The summed E-state index contributed by atoms with van der Waals surface area (Å²) in [7, 11) is 1.96. The summed E-state index contributed by atoms with van der Waals surface area (Å²) in [5, 5.41) is 11.3. The zero-order valence-electron chi connectivity index (χ0n) is 10.3. The van der Waals surface area contributed by atoms with E-state index in [1.54, 1.807) is 11.3 Å². The van der Waals surface area contributed by atoms with E-state index >= 15 is 0 Å². The van der Waals surface area contributed by atoms with E-state index in [1.165, 1.54) is 5.56 Å². The fraction of sp³-hybridized carbons (Fsp3) is 0.308. The molecule has 0 bridgehead atoms. The minimum absolute atomic E-state index is 0.552. The van der Waals surface area contributed by atoms with Gasteiger partial charge in [0, 0.05) is 5.38 Å². The van der Waals surface area contributed by atoms with Crippen LogP contribution in [-0.4, -0.2) is 0 Å². The van der Waals surface area contributed by atoms with E-state index in [9.17, 15) is 0 Å². The highest BCUT2D eigenvalue weighted by Gasteiger charge is 2.07. The van der Waals surface area contributed by atoms with Gasteiger partial charge in [0.2, 0.25) is 0 Å². The molecule has 0 N–H and O–H groups in total. The van der Waals surface area contributed by atoms with Crippen LogP contribution in [0.15, 0.2) is 46.1 Å². The zero-order chi connectivity index (χ0) is 12.3. The molecule has 0 amide bonds. The molecule has 3 nitrogen and oxygen atoms in total. The van der Waals surface area contributed by atoms with E-state index in [2.05, 4.69) is 36.2 Å². The van der Waals surface area contributed by atoms with Gasteiger partial charge in [-0.3, -0.25) is 0 Å². The lowest BCUT2D eigenvalue weighted by Crippen LogP contribution is -2.23. The van der Waals surface area contributed by atoms with Crippen LogP contribution in [0.25, 0.3) is 0 Å². The van der Waals surface area contributed by atoms with Crippen molar-refractivity contribution in [2.45, 2.75) is 19.8 Å². The molecule has 0 spiro atoms. The van der Waals surface area contributed by atoms with Gasteiger partial charge in [0.15, 0.2) is 0 Å². The van der Waals surface area contributed by atoms with Crippen molar-refractivity contribution in [3.63, 3.8) is 0 Å². The van der Waals surface area contributed by atoms with Gasteiger partial charge < -0.3 is 0 Å². The third kappa shape index (κ3) is 2.97. The standard InChI is InChI=1S/C13H16N3S/c1-10(2)11-4-6-12(7-5-11)14-15-13-16(3)8-9-17-13/h4-10H,1-3H3/q+1. The lowest BCUT2D eigenvalue weighted by Gasteiger charge is -2.03. The summed E-state index contributed by atoms with van der Waals surface area (Å²) in [6.07, 6.45) is 1.97. The Morgan fingerprint density at radius 1 is 1.12 bits per heavy atom. The van der Waals surface area contributed by atoms with Crippen LogP contribution >= 0.6 is 11.3 Å². The Morgan fingerprint density at radius 3 is 2.35 bits per heavy atom. The van der Waals surface area contributed by atoms with Crippen molar-refractivity contribution in [3.05, 3.63) is 41.4 Å². The highest BCUT2D eigenvalue weighted by atomic mass is 32.1. The molecule has 0 saturated heterocycles. The van der Waals surface area contributed by atoms with E-state index < -0.39 is 0 Å². The quantitative estimate of drug-likeness (QED) is 0.576. The number of thiazole rings is 1. The molecular weight excluding hydrogens is 230 g/mol. The SMILES string of the molecule is CC(C)c1ccc(N=Nc2scc[n+]2C)cc1. The van der Waals surface area contributed by atoms with Crippen LogP contribution in [0.1, 0.15) is 25.3 Å². The molecule has 4 heteroatoms. The van der Waals surface area contributed by atoms with Gasteiger partial charge in [-0.2, -0.15) is 0 Å². The van der Waals surface area contributed by atoms with Gasteiger partial charge in [-0.1, -0.05) is 26.0 Å². The van der Waals surface area contributed by atoms with E-state index in [1.807, 2.05) is 35.3 Å². The summed E-state index contributed by atoms with van der Waals surface area (Å²) in [6, 6.07) is 8.22. The first-order valence-electron chi connectivity index (χ1n) is 5.61. The Hall–Kier alpha value is -1.55. The molecule has 0 aliphatic carbocycles. The highest BCUT2D eigenvalue weighted by Crippen LogP contribution is 2.21. The number of hydrogen-bond donors (Lipinski definition) is 0. The van der Waals surface area contributed by atoms with Gasteiger partial charge in [-0.25, -0.2) is 4.57 Å². The topological polar surface area (TPSA) is 28.6 Å². The van der Waals surface area contributed by atoms with E-state index in [-0.39, 0.29) is 0 Å². The average molecular weight is 246 g/mol. The third-order valence-corrected chi connectivity index (χ3v) is 3.41. The Balaban J connectivity index is 2.14. The molecule has 2 aromatic rings. The Kier molecular flexibility index (Phi) is 3.64. The maximum absolute atomic E-state index is 4.22. The van der Waals surface area contributed by atoms with Crippen LogP contribution in [0.5, 0.6) is 0 Å². The van der Waals surface area contributed by atoms with Crippen molar-refractivity contribution in [2.75, 3.05) is 0 Å². The van der Waals surface area contributed by atoms with Crippen LogP contribution in [0, 0.1) is 0 Å². The lowest BCUT2D eigenvalue weighted by atomic mass is 10.0.